The van der Waals surface area contributed by atoms with Crippen molar-refractivity contribution in [3.8, 4) is 0 Å². The summed E-state index contributed by atoms with van der Waals surface area (Å²) in [4.78, 5) is 67.2. The normalized spacial score (nSPS) is 26.7. The van der Waals surface area contributed by atoms with Gasteiger partial charge in [-0.1, -0.05) is 24.3 Å². The van der Waals surface area contributed by atoms with Gasteiger partial charge >= 0.3 is 23.9 Å². The van der Waals surface area contributed by atoms with Crippen molar-refractivity contribution in [1.82, 2.24) is 4.90 Å². The van der Waals surface area contributed by atoms with E-state index in [1.54, 1.807) is 0 Å². The Hall–Kier alpha value is -3.99. The Labute approximate surface area is 193 Å². The molecule has 1 aliphatic carbocycles. The average molecular weight is 471 g/mol. The molecule has 0 bridgehead atoms. The van der Waals surface area contributed by atoms with Gasteiger partial charge in [0.25, 0.3) is 0 Å². The number of esters is 4. The molecule has 3 atom stereocenters. The largest absolute Gasteiger partial charge is 0.466 e. The van der Waals surface area contributed by atoms with Crippen LogP contribution in [0.5, 0.6) is 0 Å². The standard InChI is InChI=1S/C23H21NO10/c1-10-13(18(26)31-2)14(19(27)32-3)22-17(25)11-8-6-7-9-12(11)23(22,30)15(20(28)33-4)16(24(10)22)21(29)34-5/h6-10,30H,1-5H3. The molecule has 3 unspecified atom stereocenters. The van der Waals surface area contributed by atoms with Crippen LogP contribution < -0.4 is 0 Å². The minimum atomic E-state index is -2.61. The smallest absolute Gasteiger partial charge is 0.355 e. The van der Waals surface area contributed by atoms with E-state index in [4.69, 9.17) is 18.9 Å². The Morgan fingerprint density at radius 3 is 1.94 bits per heavy atom. The van der Waals surface area contributed by atoms with Crippen LogP contribution in [0.3, 0.4) is 0 Å². The van der Waals surface area contributed by atoms with E-state index in [1.165, 1.54) is 31.2 Å². The number of methoxy groups -OCH3 is 4. The number of benzene rings is 1. The highest BCUT2D eigenvalue weighted by Crippen LogP contribution is 2.65. The minimum absolute atomic E-state index is 0.0139. The molecule has 0 saturated carbocycles. The Bertz CT molecular complexity index is 1240. The van der Waals surface area contributed by atoms with Gasteiger partial charge in [-0.3, -0.25) is 4.79 Å². The molecule has 2 heterocycles. The van der Waals surface area contributed by atoms with Crippen LogP contribution in [0.1, 0.15) is 22.8 Å². The molecule has 4 rings (SSSR count). The summed E-state index contributed by atoms with van der Waals surface area (Å²) in [5, 5.41) is 12.4. The summed E-state index contributed by atoms with van der Waals surface area (Å²) in [5.74, 6) is -5.14. The van der Waals surface area contributed by atoms with Gasteiger partial charge in [-0.25, -0.2) is 19.2 Å². The Balaban J connectivity index is 2.26. The van der Waals surface area contributed by atoms with Crippen molar-refractivity contribution in [2.24, 2.45) is 0 Å². The van der Waals surface area contributed by atoms with Crippen LogP contribution in [-0.4, -0.2) is 79.7 Å². The number of hydrogen-bond donors (Lipinski definition) is 1. The van der Waals surface area contributed by atoms with Crippen LogP contribution in [0.2, 0.25) is 0 Å². The molecule has 1 N–H and O–H groups in total. The number of carbonyl (C=O) groups is 5. The van der Waals surface area contributed by atoms with Gasteiger partial charge in [0.2, 0.25) is 0 Å². The Kier molecular flexibility index (Phi) is 5.13. The van der Waals surface area contributed by atoms with Gasteiger partial charge in [0.15, 0.2) is 16.9 Å². The summed E-state index contributed by atoms with van der Waals surface area (Å²) in [7, 11) is 4.19. The van der Waals surface area contributed by atoms with Crippen LogP contribution in [0.4, 0.5) is 0 Å². The van der Waals surface area contributed by atoms with Crippen molar-refractivity contribution < 1.29 is 48.0 Å². The molecule has 1 spiro atoms. The van der Waals surface area contributed by atoms with E-state index in [1.807, 2.05) is 0 Å². The average Bonchev–Trinajstić information content (AvgIpc) is 3.34. The van der Waals surface area contributed by atoms with Crippen LogP contribution in [0, 0.1) is 0 Å². The van der Waals surface area contributed by atoms with Gasteiger partial charge in [-0.2, -0.15) is 0 Å². The summed E-state index contributed by atoms with van der Waals surface area (Å²) in [6, 6.07) is 4.65. The predicted molar refractivity (Wildman–Crippen MR) is 111 cm³/mol. The molecule has 34 heavy (non-hydrogen) atoms. The molecule has 0 aromatic heterocycles. The number of Topliss-reactive ketones (excluding diaryl/α,β-unsaturated/α-hetero) is 1. The van der Waals surface area contributed by atoms with E-state index in [9.17, 15) is 29.1 Å². The second-order valence-electron chi connectivity index (χ2n) is 7.82. The molecule has 0 radical (unpaired) electrons. The second kappa shape index (κ2) is 7.52. The fourth-order valence-corrected chi connectivity index (χ4v) is 5.43. The molecule has 3 aliphatic rings. The zero-order chi connectivity index (χ0) is 25.2. The molecule has 11 heteroatoms. The summed E-state index contributed by atoms with van der Waals surface area (Å²) in [5.41, 5.74) is -7.07. The molecular weight excluding hydrogens is 450 g/mol. The van der Waals surface area contributed by atoms with Gasteiger partial charge in [0.05, 0.1) is 45.6 Å². The number of rotatable bonds is 4. The van der Waals surface area contributed by atoms with Gasteiger partial charge in [0.1, 0.15) is 11.3 Å². The number of nitrogens with zero attached hydrogens (tertiary/aromatic N) is 1. The maximum atomic E-state index is 14.1. The van der Waals surface area contributed by atoms with E-state index in [0.29, 0.717) is 0 Å². The lowest BCUT2D eigenvalue weighted by molar-refractivity contribution is -0.142. The Morgan fingerprint density at radius 1 is 0.853 bits per heavy atom. The number of ether oxygens (including phenoxy) is 4. The third-order valence-corrected chi connectivity index (χ3v) is 6.61. The summed E-state index contributed by atoms with van der Waals surface area (Å²) in [6.07, 6.45) is 0. The minimum Gasteiger partial charge on any atom is -0.466 e. The number of aliphatic hydroxyl groups is 1. The quantitative estimate of drug-likeness (QED) is 0.459. The first kappa shape index (κ1) is 23.2. The van der Waals surface area contributed by atoms with Crippen LogP contribution in [0.15, 0.2) is 46.7 Å². The first-order chi connectivity index (χ1) is 16.1. The van der Waals surface area contributed by atoms with Crippen LogP contribution >= 0.6 is 0 Å². The third kappa shape index (κ3) is 2.31. The summed E-state index contributed by atoms with van der Waals surface area (Å²) < 4.78 is 19.5. The number of ketones is 1. The molecule has 1 aromatic carbocycles. The van der Waals surface area contributed by atoms with Crippen molar-refractivity contribution in [2.45, 2.75) is 24.1 Å². The van der Waals surface area contributed by atoms with E-state index in [-0.39, 0.29) is 16.7 Å². The van der Waals surface area contributed by atoms with Crippen molar-refractivity contribution in [3.05, 3.63) is 57.8 Å². The molecule has 0 amide bonds. The molecule has 0 saturated heterocycles. The van der Waals surface area contributed by atoms with Crippen molar-refractivity contribution in [3.63, 3.8) is 0 Å². The van der Waals surface area contributed by atoms with Crippen molar-refractivity contribution in [1.29, 1.82) is 0 Å². The van der Waals surface area contributed by atoms with E-state index < -0.39 is 63.7 Å². The fraction of sp³-hybridized carbons (Fsp3) is 0.348. The molecule has 0 fully saturated rings. The van der Waals surface area contributed by atoms with Gasteiger partial charge in [0, 0.05) is 11.1 Å². The SMILES string of the molecule is COC(=O)C1=C(C(=O)OC)C23C(=O)c4ccccc4C2(O)C(C(=O)OC)=C(C(=O)OC)N3C1C. The number of fused-ring (bicyclic) bond motifs is 2. The van der Waals surface area contributed by atoms with Gasteiger partial charge in [-0.05, 0) is 6.92 Å². The third-order valence-electron chi connectivity index (χ3n) is 6.61. The zero-order valence-corrected chi connectivity index (χ0v) is 19.0. The second-order valence-corrected chi connectivity index (χ2v) is 7.82. The highest BCUT2D eigenvalue weighted by molar-refractivity contribution is 6.24. The van der Waals surface area contributed by atoms with Crippen molar-refractivity contribution in [2.75, 3.05) is 28.4 Å². The monoisotopic (exact) mass is 471 g/mol. The van der Waals surface area contributed by atoms with Gasteiger partial charge < -0.3 is 29.0 Å². The molecule has 2 aliphatic heterocycles. The maximum absolute atomic E-state index is 14.1. The van der Waals surface area contributed by atoms with Crippen LogP contribution in [-0.2, 0) is 43.7 Å². The van der Waals surface area contributed by atoms with E-state index in [2.05, 4.69) is 0 Å². The lowest BCUT2D eigenvalue weighted by atomic mass is 9.72. The Morgan fingerprint density at radius 2 is 1.38 bits per heavy atom. The number of hydrogen-bond acceptors (Lipinski definition) is 11. The fourth-order valence-electron chi connectivity index (χ4n) is 5.43. The molecule has 178 valence electrons. The molecule has 11 nitrogen and oxygen atoms in total. The van der Waals surface area contributed by atoms with Crippen molar-refractivity contribution >= 4 is 29.7 Å². The topological polar surface area (TPSA) is 146 Å². The van der Waals surface area contributed by atoms with Crippen LogP contribution in [0.25, 0.3) is 0 Å². The summed E-state index contributed by atoms with van der Waals surface area (Å²) in [6.45, 7) is 1.42. The lowest BCUT2D eigenvalue weighted by Crippen LogP contribution is -2.61. The highest BCUT2D eigenvalue weighted by Gasteiger charge is 2.81. The van der Waals surface area contributed by atoms with E-state index >= 15 is 0 Å². The van der Waals surface area contributed by atoms with Gasteiger partial charge in [-0.15, -0.1) is 0 Å². The first-order valence-electron chi connectivity index (χ1n) is 10.1. The zero-order valence-electron chi connectivity index (χ0n) is 19.0. The number of carbonyl (C=O) groups excluding carboxylic acids is 5. The molecule has 1 aromatic rings. The summed E-state index contributed by atoms with van der Waals surface area (Å²) >= 11 is 0. The maximum Gasteiger partial charge on any atom is 0.355 e. The highest BCUT2D eigenvalue weighted by atomic mass is 16.5. The predicted octanol–water partition coefficient (Wildman–Crippen LogP) is -0.230. The first-order valence-corrected chi connectivity index (χ1v) is 10.1. The molecular formula is C23H21NO10. The lowest BCUT2D eigenvalue weighted by Gasteiger charge is -2.41. The van der Waals surface area contributed by atoms with E-state index in [0.717, 1.165) is 33.3 Å².